The van der Waals surface area contributed by atoms with Gasteiger partial charge in [0, 0.05) is 33.1 Å². The number of benzene rings is 7. The van der Waals surface area contributed by atoms with Gasteiger partial charge in [0.25, 0.3) is 0 Å². The second kappa shape index (κ2) is 9.70. The summed E-state index contributed by atoms with van der Waals surface area (Å²) in [5.74, 6) is 0. The Morgan fingerprint density at radius 2 is 1.20 bits per heavy atom. The molecule has 1 aromatic heterocycles. The lowest BCUT2D eigenvalue weighted by atomic mass is 9.82. The van der Waals surface area contributed by atoms with E-state index in [1.165, 1.54) is 44.5 Å². The third-order valence-corrected chi connectivity index (χ3v) is 9.64. The molecule has 214 valence electrons. The average molecular weight is 578 g/mol. The van der Waals surface area contributed by atoms with E-state index in [1.807, 2.05) is 12.1 Å². The Hall–Kier alpha value is -5.60. The Bertz CT molecular complexity index is 2400. The van der Waals surface area contributed by atoms with Gasteiger partial charge in [0.1, 0.15) is 11.2 Å². The van der Waals surface area contributed by atoms with Crippen LogP contribution < -0.4 is 4.90 Å². The summed E-state index contributed by atoms with van der Waals surface area (Å²) in [6.07, 6.45) is 0. The smallest absolute Gasteiger partial charge is 0.136 e. The maximum atomic E-state index is 6.22. The number of nitrogens with zero attached hydrogens (tertiary/aromatic N) is 1. The highest BCUT2D eigenvalue weighted by Gasteiger charge is 2.37. The minimum Gasteiger partial charge on any atom is -0.456 e. The molecule has 2 heteroatoms. The van der Waals surface area contributed by atoms with Crippen LogP contribution >= 0.6 is 0 Å². The Balaban J connectivity index is 1.28. The standard InChI is InChI=1S/C43H31NO/c1-43(2)37-15-8-6-14-35(37)42-38(43)16-10-17-39(42)44(32-22-19-29(20-23-32)28-11-4-3-5-12-28)33-24-21-30-27-41-36(26-31(30)25-33)34-13-7-9-18-40(34)45-41/h3-27H,1-2H3. The Morgan fingerprint density at radius 1 is 0.489 bits per heavy atom. The monoisotopic (exact) mass is 577 g/mol. The van der Waals surface area contributed by atoms with Crippen LogP contribution in [0.15, 0.2) is 156 Å². The van der Waals surface area contributed by atoms with Crippen molar-refractivity contribution in [3.63, 3.8) is 0 Å². The molecule has 45 heavy (non-hydrogen) atoms. The summed E-state index contributed by atoms with van der Waals surface area (Å²) in [5.41, 5.74) is 13.0. The number of para-hydroxylation sites is 1. The second-order valence-corrected chi connectivity index (χ2v) is 12.6. The number of anilines is 3. The predicted octanol–water partition coefficient (Wildman–Crippen LogP) is 12.2. The maximum absolute atomic E-state index is 6.22. The minimum atomic E-state index is -0.0812. The van der Waals surface area contributed by atoms with Crippen molar-refractivity contribution in [2.45, 2.75) is 19.3 Å². The van der Waals surface area contributed by atoms with Crippen LogP contribution in [0.25, 0.3) is 55.0 Å². The van der Waals surface area contributed by atoms with Crippen molar-refractivity contribution in [2.75, 3.05) is 4.90 Å². The molecular weight excluding hydrogens is 546 g/mol. The van der Waals surface area contributed by atoms with Gasteiger partial charge >= 0.3 is 0 Å². The zero-order valence-electron chi connectivity index (χ0n) is 25.3. The fourth-order valence-corrected chi connectivity index (χ4v) is 7.38. The molecule has 0 saturated heterocycles. The van der Waals surface area contributed by atoms with E-state index >= 15 is 0 Å². The van der Waals surface area contributed by atoms with Crippen molar-refractivity contribution < 1.29 is 4.42 Å². The van der Waals surface area contributed by atoms with Crippen LogP contribution in [0, 0.1) is 0 Å². The molecule has 7 aromatic carbocycles. The summed E-state index contributed by atoms with van der Waals surface area (Å²) >= 11 is 0. The SMILES string of the molecule is CC1(C)c2ccccc2-c2c(N(c3ccc(-c4ccccc4)cc3)c3ccc4cc5oc6ccccc6c5cc4c3)cccc21. The molecule has 0 N–H and O–H groups in total. The van der Waals surface area contributed by atoms with Crippen LogP contribution in [0.2, 0.25) is 0 Å². The van der Waals surface area contributed by atoms with Gasteiger partial charge in [0.05, 0.1) is 5.69 Å². The molecule has 1 aliphatic rings. The lowest BCUT2D eigenvalue weighted by molar-refractivity contribution is 0.660. The molecule has 0 fully saturated rings. The number of hydrogen-bond acceptors (Lipinski definition) is 2. The zero-order chi connectivity index (χ0) is 30.1. The van der Waals surface area contributed by atoms with Gasteiger partial charge in [-0.3, -0.25) is 0 Å². The van der Waals surface area contributed by atoms with E-state index in [2.05, 4.69) is 158 Å². The molecular formula is C43H31NO. The zero-order valence-corrected chi connectivity index (χ0v) is 25.3. The molecule has 9 rings (SSSR count). The molecule has 0 unspecified atom stereocenters. The maximum Gasteiger partial charge on any atom is 0.136 e. The van der Waals surface area contributed by atoms with Gasteiger partial charge in [-0.2, -0.15) is 0 Å². The Labute approximate surface area is 262 Å². The minimum absolute atomic E-state index is 0.0812. The molecule has 2 nitrogen and oxygen atoms in total. The van der Waals surface area contributed by atoms with E-state index < -0.39 is 0 Å². The quantitative estimate of drug-likeness (QED) is 0.207. The van der Waals surface area contributed by atoms with E-state index in [1.54, 1.807) is 0 Å². The van der Waals surface area contributed by atoms with Crippen molar-refractivity contribution in [3.8, 4) is 22.3 Å². The van der Waals surface area contributed by atoms with E-state index in [0.717, 1.165) is 38.7 Å². The first-order valence-electron chi connectivity index (χ1n) is 15.6. The number of rotatable bonds is 4. The van der Waals surface area contributed by atoms with E-state index in [0.29, 0.717) is 0 Å². The molecule has 0 radical (unpaired) electrons. The van der Waals surface area contributed by atoms with Crippen molar-refractivity contribution in [3.05, 3.63) is 163 Å². The lowest BCUT2D eigenvalue weighted by Crippen LogP contribution is -2.16. The average Bonchev–Trinajstić information content (AvgIpc) is 3.56. The highest BCUT2D eigenvalue weighted by molar-refractivity contribution is 6.10. The van der Waals surface area contributed by atoms with Gasteiger partial charge in [-0.05, 0) is 87.1 Å². The van der Waals surface area contributed by atoms with Crippen LogP contribution in [-0.2, 0) is 5.41 Å². The topological polar surface area (TPSA) is 16.4 Å². The van der Waals surface area contributed by atoms with Crippen molar-refractivity contribution >= 4 is 49.8 Å². The predicted molar refractivity (Wildman–Crippen MR) is 189 cm³/mol. The Morgan fingerprint density at radius 3 is 2.07 bits per heavy atom. The molecule has 0 atom stereocenters. The Kier molecular flexibility index (Phi) is 5.58. The number of hydrogen-bond donors (Lipinski definition) is 0. The number of furan rings is 1. The van der Waals surface area contributed by atoms with E-state index in [9.17, 15) is 0 Å². The highest BCUT2D eigenvalue weighted by atomic mass is 16.3. The van der Waals surface area contributed by atoms with Crippen molar-refractivity contribution in [1.29, 1.82) is 0 Å². The second-order valence-electron chi connectivity index (χ2n) is 12.6. The largest absolute Gasteiger partial charge is 0.456 e. The van der Waals surface area contributed by atoms with E-state index in [-0.39, 0.29) is 5.41 Å². The molecule has 0 amide bonds. The van der Waals surface area contributed by atoms with E-state index in [4.69, 9.17) is 4.42 Å². The molecule has 0 aliphatic heterocycles. The van der Waals surface area contributed by atoms with Crippen LogP contribution in [0.1, 0.15) is 25.0 Å². The first-order valence-corrected chi connectivity index (χ1v) is 15.6. The van der Waals surface area contributed by atoms with Crippen molar-refractivity contribution in [1.82, 2.24) is 0 Å². The van der Waals surface area contributed by atoms with Crippen LogP contribution in [-0.4, -0.2) is 0 Å². The van der Waals surface area contributed by atoms with Gasteiger partial charge in [-0.25, -0.2) is 0 Å². The molecule has 8 aromatic rings. The van der Waals surface area contributed by atoms with Crippen molar-refractivity contribution in [2.24, 2.45) is 0 Å². The first-order chi connectivity index (χ1) is 22.1. The van der Waals surface area contributed by atoms with Gasteiger partial charge in [0.15, 0.2) is 0 Å². The van der Waals surface area contributed by atoms with Crippen LogP contribution in [0.3, 0.4) is 0 Å². The van der Waals surface area contributed by atoms with Gasteiger partial charge in [-0.1, -0.05) is 117 Å². The van der Waals surface area contributed by atoms with Gasteiger partial charge in [0.2, 0.25) is 0 Å². The summed E-state index contributed by atoms with van der Waals surface area (Å²) in [6.45, 7) is 4.69. The summed E-state index contributed by atoms with van der Waals surface area (Å²) in [7, 11) is 0. The highest BCUT2D eigenvalue weighted by Crippen LogP contribution is 2.54. The fraction of sp³-hybridized carbons (Fsp3) is 0.0698. The van der Waals surface area contributed by atoms with Gasteiger partial charge < -0.3 is 9.32 Å². The third-order valence-electron chi connectivity index (χ3n) is 9.64. The summed E-state index contributed by atoms with van der Waals surface area (Å²) < 4.78 is 6.22. The lowest BCUT2D eigenvalue weighted by Gasteiger charge is -2.29. The first kappa shape index (κ1) is 25.9. The molecule has 0 spiro atoms. The van der Waals surface area contributed by atoms with Gasteiger partial charge in [-0.15, -0.1) is 0 Å². The van der Waals surface area contributed by atoms with Crippen LogP contribution in [0.4, 0.5) is 17.1 Å². The number of fused-ring (bicyclic) bond motifs is 7. The summed E-state index contributed by atoms with van der Waals surface area (Å²) in [4.78, 5) is 2.43. The molecule has 1 heterocycles. The molecule has 1 aliphatic carbocycles. The molecule has 0 saturated carbocycles. The van der Waals surface area contributed by atoms with Crippen LogP contribution in [0.5, 0.6) is 0 Å². The summed E-state index contributed by atoms with van der Waals surface area (Å²) in [6, 6.07) is 54.8. The fourth-order valence-electron chi connectivity index (χ4n) is 7.38. The normalized spacial score (nSPS) is 13.3. The summed E-state index contributed by atoms with van der Waals surface area (Å²) in [5, 5.41) is 4.64. The third kappa shape index (κ3) is 3.96. The molecule has 0 bridgehead atoms.